The van der Waals surface area contributed by atoms with Crippen LogP contribution in [0.2, 0.25) is 0 Å². The molecule has 3 aliphatic heterocycles. The molecule has 0 bridgehead atoms. The minimum Gasteiger partial charge on any atom is -0.467 e. The van der Waals surface area contributed by atoms with Crippen molar-refractivity contribution in [3.63, 3.8) is 0 Å². The van der Waals surface area contributed by atoms with Crippen LogP contribution >= 0.6 is 0 Å². The average Bonchev–Trinajstić information content (AvgIpc) is 3.05. The van der Waals surface area contributed by atoms with E-state index in [1.54, 1.807) is 0 Å². The molecule has 142 valence electrons. The van der Waals surface area contributed by atoms with Gasteiger partial charge in [-0.1, -0.05) is 24.3 Å². The van der Waals surface area contributed by atoms with Crippen molar-refractivity contribution in [1.29, 1.82) is 0 Å². The minimum absolute atomic E-state index is 0.143. The van der Waals surface area contributed by atoms with Gasteiger partial charge in [0.25, 0.3) is 0 Å². The molecular weight excluding hydrogens is 344 g/mol. The Morgan fingerprint density at radius 2 is 2.26 bits per heavy atom. The van der Waals surface area contributed by atoms with Crippen LogP contribution in [0.15, 0.2) is 35.9 Å². The van der Waals surface area contributed by atoms with Gasteiger partial charge in [-0.3, -0.25) is 0 Å². The van der Waals surface area contributed by atoms with Crippen molar-refractivity contribution in [1.82, 2.24) is 9.88 Å². The predicted molar refractivity (Wildman–Crippen MR) is 100 cm³/mol. The second-order valence-electron chi connectivity index (χ2n) is 7.61. The number of rotatable bonds is 1. The number of aromatic nitrogens is 1. The second kappa shape index (κ2) is 5.92. The molecule has 27 heavy (non-hydrogen) atoms. The lowest BCUT2D eigenvalue weighted by molar-refractivity contribution is -0.219. The van der Waals surface area contributed by atoms with Gasteiger partial charge in [-0.05, 0) is 43.5 Å². The topological polar surface area (TPSA) is 72.7 Å². The summed E-state index contributed by atoms with van der Waals surface area (Å²) in [6.07, 6.45) is 2.38. The number of aliphatic hydroxyl groups excluding tert-OH is 1. The molecule has 6 heteroatoms. The standard InChI is InChI=1S/C21H24N2O4/c1-3-12-11-27-20(25)21(19(24)26-2)15(12)10-16-18-14(8-9-22-16)13-6-4-5-7-17(13)23(18)21/h3-7,15-16,20,22,25H,8-11H2,1-2H3. The van der Waals surface area contributed by atoms with Gasteiger partial charge in [0.15, 0.2) is 11.8 Å². The molecule has 1 aromatic heterocycles. The van der Waals surface area contributed by atoms with E-state index in [-0.39, 0.29) is 12.0 Å². The number of para-hydroxylation sites is 1. The summed E-state index contributed by atoms with van der Waals surface area (Å²) in [6.45, 7) is 3.20. The number of aliphatic hydroxyl groups is 1. The van der Waals surface area contributed by atoms with Crippen LogP contribution in [-0.4, -0.2) is 42.2 Å². The maximum absolute atomic E-state index is 13.3. The summed E-state index contributed by atoms with van der Waals surface area (Å²) in [4.78, 5) is 13.3. The van der Waals surface area contributed by atoms with E-state index >= 15 is 0 Å². The lowest BCUT2D eigenvalue weighted by Crippen LogP contribution is -2.64. The van der Waals surface area contributed by atoms with Crippen molar-refractivity contribution in [2.45, 2.75) is 37.6 Å². The number of carbonyl (C=O) groups excluding carboxylic acids is 1. The molecule has 1 fully saturated rings. The number of hydrogen-bond acceptors (Lipinski definition) is 5. The third kappa shape index (κ3) is 1.98. The zero-order valence-electron chi connectivity index (χ0n) is 15.6. The number of esters is 1. The monoisotopic (exact) mass is 368 g/mol. The molecule has 1 saturated heterocycles. The highest BCUT2D eigenvalue weighted by Gasteiger charge is 2.62. The summed E-state index contributed by atoms with van der Waals surface area (Å²) < 4.78 is 13.0. The lowest BCUT2D eigenvalue weighted by Gasteiger charge is -2.52. The number of hydrogen-bond donors (Lipinski definition) is 2. The van der Waals surface area contributed by atoms with Gasteiger partial charge in [0.2, 0.25) is 0 Å². The van der Waals surface area contributed by atoms with Crippen LogP contribution in [0.4, 0.5) is 0 Å². The highest BCUT2D eigenvalue weighted by atomic mass is 16.6. The fourth-order valence-electron chi connectivity index (χ4n) is 5.49. The van der Waals surface area contributed by atoms with Gasteiger partial charge in [-0.15, -0.1) is 0 Å². The molecule has 2 N–H and O–H groups in total. The van der Waals surface area contributed by atoms with Gasteiger partial charge in [0, 0.05) is 28.6 Å². The Labute approximate surface area is 157 Å². The van der Waals surface area contributed by atoms with E-state index in [4.69, 9.17) is 9.47 Å². The summed E-state index contributed by atoms with van der Waals surface area (Å²) >= 11 is 0. The second-order valence-corrected chi connectivity index (χ2v) is 7.61. The van der Waals surface area contributed by atoms with Crippen LogP contribution in [0.3, 0.4) is 0 Å². The lowest BCUT2D eigenvalue weighted by atomic mass is 9.69. The summed E-state index contributed by atoms with van der Waals surface area (Å²) in [7, 11) is 1.38. The SMILES string of the molecule is CC=C1COC(O)C2(C(=O)OC)C1CC1NCCc3c1n2c1ccccc31. The van der Waals surface area contributed by atoms with Crippen LogP contribution in [0.5, 0.6) is 0 Å². The van der Waals surface area contributed by atoms with Crippen molar-refractivity contribution in [3.05, 3.63) is 47.2 Å². The molecule has 5 rings (SSSR count). The van der Waals surface area contributed by atoms with Crippen LogP contribution in [0.25, 0.3) is 10.9 Å². The van der Waals surface area contributed by atoms with Crippen LogP contribution in [0.1, 0.15) is 30.6 Å². The fraction of sp³-hybridized carbons (Fsp3) is 0.476. The van der Waals surface area contributed by atoms with E-state index in [0.717, 1.165) is 41.6 Å². The number of nitrogens with zero attached hydrogens (tertiary/aromatic N) is 1. The predicted octanol–water partition coefficient (Wildman–Crippen LogP) is 2.01. The quantitative estimate of drug-likeness (QED) is 0.595. The number of fused-ring (bicyclic) bond motifs is 5. The van der Waals surface area contributed by atoms with E-state index in [1.807, 2.05) is 35.8 Å². The molecule has 4 atom stereocenters. The van der Waals surface area contributed by atoms with Gasteiger partial charge in [0.1, 0.15) is 0 Å². The number of nitrogens with one attached hydrogen (secondary N) is 1. The van der Waals surface area contributed by atoms with Crippen molar-refractivity contribution in [2.24, 2.45) is 5.92 Å². The Balaban J connectivity index is 1.92. The third-order valence-electron chi connectivity index (χ3n) is 6.60. The first-order valence-corrected chi connectivity index (χ1v) is 9.53. The molecule has 0 aliphatic carbocycles. The molecule has 0 spiro atoms. The molecule has 1 aromatic carbocycles. The number of methoxy groups -OCH3 is 1. The Morgan fingerprint density at radius 1 is 1.44 bits per heavy atom. The van der Waals surface area contributed by atoms with Gasteiger partial charge >= 0.3 is 5.97 Å². The van der Waals surface area contributed by atoms with Crippen molar-refractivity contribution >= 4 is 16.9 Å². The van der Waals surface area contributed by atoms with Crippen molar-refractivity contribution in [3.8, 4) is 0 Å². The van der Waals surface area contributed by atoms with Crippen molar-refractivity contribution in [2.75, 3.05) is 20.3 Å². The molecule has 3 aliphatic rings. The molecule has 2 aromatic rings. The Hall–Kier alpha value is -2.15. The van der Waals surface area contributed by atoms with Gasteiger partial charge in [-0.25, -0.2) is 4.79 Å². The van der Waals surface area contributed by atoms with Gasteiger partial charge in [0.05, 0.1) is 13.7 Å². The highest BCUT2D eigenvalue weighted by molar-refractivity contribution is 5.91. The van der Waals surface area contributed by atoms with Crippen LogP contribution in [0, 0.1) is 5.92 Å². The van der Waals surface area contributed by atoms with E-state index in [2.05, 4.69) is 11.4 Å². The van der Waals surface area contributed by atoms with Gasteiger partial charge < -0.3 is 24.5 Å². The first kappa shape index (κ1) is 17.0. The summed E-state index contributed by atoms with van der Waals surface area (Å²) in [5, 5.41) is 15.8. The fourth-order valence-corrected chi connectivity index (χ4v) is 5.49. The molecule has 6 nitrogen and oxygen atoms in total. The maximum atomic E-state index is 13.3. The zero-order chi connectivity index (χ0) is 18.8. The zero-order valence-corrected chi connectivity index (χ0v) is 15.6. The molecule has 4 unspecified atom stereocenters. The number of allylic oxidation sites excluding steroid dienone is 1. The van der Waals surface area contributed by atoms with Crippen molar-refractivity contribution < 1.29 is 19.4 Å². The first-order valence-electron chi connectivity index (χ1n) is 9.53. The molecule has 0 amide bonds. The summed E-state index contributed by atoms with van der Waals surface area (Å²) in [5.74, 6) is -0.642. The molecule has 0 saturated carbocycles. The molecule has 0 radical (unpaired) electrons. The van der Waals surface area contributed by atoms with Crippen LogP contribution in [-0.2, 0) is 26.2 Å². The number of benzene rings is 1. The number of ether oxygens (including phenoxy) is 2. The van der Waals surface area contributed by atoms with Crippen LogP contribution < -0.4 is 5.32 Å². The van der Waals surface area contributed by atoms with E-state index in [9.17, 15) is 9.90 Å². The largest absolute Gasteiger partial charge is 0.467 e. The molecule has 4 heterocycles. The Bertz CT molecular complexity index is 962. The average molecular weight is 368 g/mol. The summed E-state index contributed by atoms with van der Waals surface area (Å²) in [5.41, 5.74) is 3.02. The highest BCUT2D eigenvalue weighted by Crippen LogP contribution is 2.53. The van der Waals surface area contributed by atoms with E-state index in [0.29, 0.717) is 6.61 Å². The normalized spacial score (nSPS) is 33.6. The Morgan fingerprint density at radius 3 is 3.04 bits per heavy atom. The summed E-state index contributed by atoms with van der Waals surface area (Å²) in [6, 6.07) is 8.26. The maximum Gasteiger partial charge on any atom is 0.338 e. The third-order valence-corrected chi connectivity index (χ3v) is 6.60. The molecular formula is C21H24N2O4. The minimum atomic E-state index is -1.31. The smallest absolute Gasteiger partial charge is 0.338 e. The van der Waals surface area contributed by atoms with Gasteiger partial charge in [-0.2, -0.15) is 0 Å². The first-order chi connectivity index (χ1) is 13.1. The van der Waals surface area contributed by atoms with E-state index in [1.165, 1.54) is 12.7 Å². The van der Waals surface area contributed by atoms with E-state index < -0.39 is 17.8 Å². The Kier molecular flexibility index (Phi) is 3.73. The number of carbonyl (C=O) groups is 1.